The second-order valence-electron chi connectivity index (χ2n) is 4.09. The van der Waals surface area contributed by atoms with Gasteiger partial charge in [0, 0.05) is 13.7 Å². The Balaban J connectivity index is 2.56. The van der Waals surface area contributed by atoms with Crippen molar-refractivity contribution in [3.8, 4) is 0 Å². The van der Waals surface area contributed by atoms with Gasteiger partial charge in [-0.1, -0.05) is 13.8 Å². The van der Waals surface area contributed by atoms with Gasteiger partial charge in [-0.2, -0.15) is 0 Å². The van der Waals surface area contributed by atoms with Crippen molar-refractivity contribution in [3.63, 3.8) is 0 Å². The zero-order valence-corrected chi connectivity index (χ0v) is 9.41. The second-order valence-corrected chi connectivity index (χ2v) is 4.09. The van der Waals surface area contributed by atoms with Crippen molar-refractivity contribution in [1.82, 2.24) is 10.2 Å². The van der Waals surface area contributed by atoms with Gasteiger partial charge in [0.15, 0.2) is 0 Å². The number of rotatable bonds is 4. The highest BCUT2D eigenvalue weighted by Gasteiger charge is 2.37. The van der Waals surface area contributed by atoms with Crippen LogP contribution in [-0.2, 0) is 9.53 Å². The summed E-state index contributed by atoms with van der Waals surface area (Å²) in [7, 11) is 1.65. The van der Waals surface area contributed by atoms with Crippen LogP contribution in [0, 0.1) is 5.92 Å². The molecule has 1 heterocycles. The number of carbonyl (C=O) groups is 1. The Morgan fingerprint density at radius 2 is 2.21 bits per heavy atom. The summed E-state index contributed by atoms with van der Waals surface area (Å²) in [6, 6.07) is -0.0261. The Bertz CT molecular complexity index is 206. The molecule has 1 aliphatic rings. The second kappa shape index (κ2) is 4.75. The van der Waals surface area contributed by atoms with Gasteiger partial charge >= 0.3 is 0 Å². The summed E-state index contributed by atoms with van der Waals surface area (Å²) in [5, 5.41) is 3.28. The molecule has 0 aromatic rings. The van der Waals surface area contributed by atoms with Crippen molar-refractivity contribution in [1.29, 1.82) is 0 Å². The SMILES string of the molecule is COCCN1C(=O)C(C(C)C)NC1C. The first-order valence-corrected chi connectivity index (χ1v) is 5.13. The molecule has 1 rings (SSSR count). The number of hydrogen-bond donors (Lipinski definition) is 1. The lowest BCUT2D eigenvalue weighted by atomic mass is 10.1. The lowest BCUT2D eigenvalue weighted by molar-refractivity contribution is -0.131. The standard InChI is InChI=1S/C10H20N2O2/c1-7(2)9-10(13)12(5-6-14-4)8(3)11-9/h7-9,11H,5-6H2,1-4H3. The molecule has 0 aromatic carbocycles. The maximum atomic E-state index is 11.9. The lowest BCUT2D eigenvalue weighted by Gasteiger charge is -2.20. The molecule has 0 radical (unpaired) electrons. The maximum absolute atomic E-state index is 11.9. The van der Waals surface area contributed by atoms with E-state index in [-0.39, 0.29) is 18.1 Å². The van der Waals surface area contributed by atoms with Crippen molar-refractivity contribution in [2.24, 2.45) is 5.92 Å². The van der Waals surface area contributed by atoms with Crippen molar-refractivity contribution >= 4 is 5.91 Å². The number of methoxy groups -OCH3 is 1. The van der Waals surface area contributed by atoms with Crippen LogP contribution in [0.15, 0.2) is 0 Å². The largest absolute Gasteiger partial charge is 0.383 e. The third-order valence-electron chi connectivity index (χ3n) is 2.64. The molecular weight excluding hydrogens is 180 g/mol. The maximum Gasteiger partial charge on any atom is 0.241 e. The van der Waals surface area contributed by atoms with Crippen molar-refractivity contribution in [3.05, 3.63) is 0 Å². The molecule has 2 atom stereocenters. The van der Waals surface area contributed by atoms with E-state index in [0.717, 1.165) is 0 Å². The highest BCUT2D eigenvalue weighted by Crippen LogP contribution is 2.15. The van der Waals surface area contributed by atoms with Gasteiger partial charge in [-0.25, -0.2) is 0 Å². The zero-order valence-electron chi connectivity index (χ0n) is 9.41. The van der Waals surface area contributed by atoms with Crippen LogP contribution in [0.3, 0.4) is 0 Å². The molecule has 1 saturated heterocycles. The van der Waals surface area contributed by atoms with Crippen LogP contribution in [0.2, 0.25) is 0 Å². The summed E-state index contributed by atoms with van der Waals surface area (Å²) >= 11 is 0. The molecule has 4 heteroatoms. The highest BCUT2D eigenvalue weighted by molar-refractivity contribution is 5.84. The van der Waals surface area contributed by atoms with E-state index >= 15 is 0 Å². The summed E-state index contributed by atoms with van der Waals surface area (Å²) in [6.07, 6.45) is 0.130. The average Bonchev–Trinajstić information content (AvgIpc) is 2.40. The van der Waals surface area contributed by atoms with Crippen LogP contribution in [0.25, 0.3) is 0 Å². The fourth-order valence-electron chi connectivity index (χ4n) is 1.76. The van der Waals surface area contributed by atoms with Crippen LogP contribution in [0.5, 0.6) is 0 Å². The molecule has 1 N–H and O–H groups in total. The number of ether oxygens (including phenoxy) is 1. The zero-order chi connectivity index (χ0) is 10.7. The van der Waals surface area contributed by atoms with Crippen LogP contribution < -0.4 is 5.32 Å². The summed E-state index contributed by atoms with van der Waals surface area (Å²) in [5.41, 5.74) is 0. The monoisotopic (exact) mass is 200 g/mol. The first-order chi connectivity index (χ1) is 6.57. The molecule has 1 aliphatic heterocycles. The van der Waals surface area contributed by atoms with E-state index in [9.17, 15) is 4.79 Å². The molecule has 4 nitrogen and oxygen atoms in total. The lowest BCUT2D eigenvalue weighted by Crippen LogP contribution is -2.37. The van der Waals surface area contributed by atoms with Gasteiger partial charge < -0.3 is 9.64 Å². The molecule has 14 heavy (non-hydrogen) atoms. The smallest absolute Gasteiger partial charge is 0.241 e. The van der Waals surface area contributed by atoms with Gasteiger partial charge in [0.1, 0.15) is 0 Å². The van der Waals surface area contributed by atoms with Gasteiger partial charge in [0.05, 0.1) is 18.8 Å². The van der Waals surface area contributed by atoms with Crippen molar-refractivity contribution in [2.45, 2.75) is 33.0 Å². The fraction of sp³-hybridized carbons (Fsp3) is 0.900. The Morgan fingerprint density at radius 3 is 2.64 bits per heavy atom. The highest BCUT2D eigenvalue weighted by atomic mass is 16.5. The first-order valence-electron chi connectivity index (χ1n) is 5.13. The van der Waals surface area contributed by atoms with E-state index in [1.54, 1.807) is 7.11 Å². The third-order valence-corrected chi connectivity index (χ3v) is 2.64. The minimum atomic E-state index is -0.0261. The summed E-state index contributed by atoms with van der Waals surface area (Å²) in [6.45, 7) is 7.40. The molecule has 82 valence electrons. The van der Waals surface area contributed by atoms with Gasteiger partial charge in [0.25, 0.3) is 0 Å². The molecule has 0 bridgehead atoms. The quantitative estimate of drug-likeness (QED) is 0.716. The summed E-state index contributed by atoms with van der Waals surface area (Å²) < 4.78 is 4.97. The number of carbonyl (C=O) groups excluding carboxylic acids is 1. The molecule has 1 fully saturated rings. The molecule has 2 unspecified atom stereocenters. The Labute approximate surface area is 85.6 Å². The minimum absolute atomic E-state index is 0.0261. The van der Waals surface area contributed by atoms with Crippen molar-refractivity contribution < 1.29 is 9.53 Å². The van der Waals surface area contributed by atoms with Gasteiger partial charge in [0.2, 0.25) is 5.91 Å². The van der Waals surface area contributed by atoms with E-state index in [0.29, 0.717) is 19.1 Å². The fourth-order valence-corrected chi connectivity index (χ4v) is 1.76. The van der Waals surface area contributed by atoms with Gasteiger partial charge in [-0.05, 0) is 12.8 Å². The van der Waals surface area contributed by atoms with E-state index < -0.39 is 0 Å². The average molecular weight is 200 g/mol. The molecular formula is C10H20N2O2. The Morgan fingerprint density at radius 1 is 1.57 bits per heavy atom. The molecule has 1 amide bonds. The molecule has 0 aliphatic carbocycles. The van der Waals surface area contributed by atoms with E-state index in [2.05, 4.69) is 19.2 Å². The molecule has 0 saturated carbocycles. The number of nitrogens with zero attached hydrogens (tertiary/aromatic N) is 1. The molecule has 0 spiro atoms. The molecule has 0 aromatic heterocycles. The topological polar surface area (TPSA) is 41.6 Å². The van der Waals surface area contributed by atoms with Crippen molar-refractivity contribution in [2.75, 3.05) is 20.3 Å². The van der Waals surface area contributed by atoms with Crippen LogP contribution in [0.1, 0.15) is 20.8 Å². The number of hydrogen-bond acceptors (Lipinski definition) is 3. The summed E-state index contributed by atoms with van der Waals surface area (Å²) in [5.74, 6) is 0.544. The Hall–Kier alpha value is -0.610. The minimum Gasteiger partial charge on any atom is -0.383 e. The summed E-state index contributed by atoms with van der Waals surface area (Å²) in [4.78, 5) is 13.7. The van der Waals surface area contributed by atoms with E-state index in [1.807, 2.05) is 11.8 Å². The predicted octanol–water partition coefficient (Wildman–Crippen LogP) is 0.435. The van der Waals surface area contributed by atoms with Crippen LogP contribution in [-0.4, -0.2) is 43.3 Å². The van der Waals surface area contributed by atoms with Gasteiger partial charge in [-0.3, -0.25) is 10.1 Å². The first kappa shape index (κ1) is 11.5. The number of nitrogens with one attached hydrogen (secondary N) is 1. The van der Waals surface area contributed by atoms with Gasteiger partial charge in [-0.15, -0.1) is 0 Å². The van der Waals surface area contributed by atoms with Crippen LogP contribution >= 0.6 is 0 Å². The van der Waals surface area contributed by atoms with Crippen LogP contribution in [0.4, 0.5) is 0 Å². The Kier molecular flexibility index (Phi) is 3.89. The number of amides is 1. The van der Waals surface area contributed by atoms with E-state index in [4.69, 9.17) is 4.74 Å². The van der Waals surface area contributed by atoms with E-state index in [1.165, 1.54) is 0 Å². The normalized spacial score (nSPS) is 27.8. The third kappa shape index (κ3) is 2.25. The predicted molar refractivity (Wildman–Crippen MR) is 54.8 cm³/mol.